The fourth-order valence-electron chi connectivity index (χ4n) is 4.84. The van der Waals surface area contributed by atoms with Crippen LogP contribution in [-0.2, 0) is 9.59 Å². The molecular formula is C20H22ClN5O3. The molecule has 3 amide bonds. The lowest BCUT2D eigenvalue weighted by Gasteiger charge is -2.51. The molecule has 0 aromatic carbocycles. The van der Waals surface area contributed by atoms with Crippen molar-refractivity contribution in [2.75, 3.05) is 32.7 Å². The SMILES string of the molecule is O=C1CN(C(=O)[C@@H]2C[C@H]3CCN(C(=O)c4cn5cc(Cl)ccc5n4)C[C@H]32)CCN1. The highest BCUT2D eigenvalue weighted by molar-refractivity contribution is 6.30. The maximum atomic E-state index is 13.0. The Hall–Kier alpha value is -2.61. The minimum absolute atomic E-state index is 0.0535. The summed E-state index contributed by atoms with van der Waals surface area (Å²) in [5, 5.41) is 3.33. The summed E-state index contributed by atoms with van der Waals surface area (Å²) in [4.78, 5) is 45.4. The monoisotopic (exact) mass is 415 g/mol. The molecule has 0 spiro atoms. The van der Waals surface area contributed by atoms with E-state index < -0.39 is 0 Å². The van der Waals surface area contributed by atoms with Crippen LogP contribution < -0.4 is 5.32 Å². The minimum atomic E-state index is -0.112. The third kappa shape index (κ3) is 3.25. The lowest BCUT2D eigenvalue weighted by molar-refractivity contribution is -0.151. The molecule has 0 bridgehead atoms. The molecule has 9 heteroatoms. The van der Waals surface area contributed by atoms with E-state index in [1.165, 1.54) is 0 Å². The number of carbonyl (C=O) groups is 3. The van der Waals surface area contributed by atoms with Crippen LogP contribution in [0.5, 0.6) is 0 Å². The molecule has 1 saturated carbocycles. The Morgan fingerprint density at radius 3 is 2.86 bits per heavy atom. The largest absolute Gasteiger partial charge is 0.353 e. The predicted octanol–water partition coefficient (Wildman–Crippen LogP) is 1.04. The number of pyridine rings is 1. The van der Waals surface area contributed by atoms with Gasteiger partial charge in [0.15, 0.2) is 0 Å². The molecular weight excluding hydrogens is 394 g/mol. The van der Waals surface area contributed by atoms with E-state index in [0.29, 0.717) is 48.5 Å². The Labute approximate surface area is 172 Å². The molecule has 3 fully saturated rings. The predicted molar refractivity (Wildman–Crippen MR) is 105 cm³/mol. The summed E-state index contributed by atoms with van der Waals surface area (Å²) in [5.74, 6) is 0.383. The molecule has 1 N–H and O–H groups in total. The summed E-state index contributed by atoms with van der Waals surface area (Å²) in [6.07, 6.45) is 5.18. The van der Waals surface area contributed by atoms with Gasteiger partial charge in [0, 0.05) is 44.5 Å². The second kappa shape index (κ2) is 7.02. The number of halogens is 1. The maximum Gasteiger partial charge on any atom is 0.274 e. The molecule has 2 aromatic heterocycles. The normalized spacial score (nSPS) is 26.7. The van der Waals surface area contributed by atoms with Crippen molar-refractivity contribution < 1.29 is 14.4 Å². The van der Waals surface area contributed by atoms with Crippen molar-refractivity contribution in [2.45, 2.75) is 12.8 Å². The summed E-state index contributed by atoms with van der Waals surface area (Å²) < 4.78 is 1.75. The van der Waals surface area contributed by atoms with Gasteiger partial charge >= 0.3 is 0 Å². The lowest BCUT2D eigenvalue weighted by atomic mass is 9.61. The summed E-state index contributed by atoms with van der Waals surface area (Å²) in [7, 11) is 0. The van der Waals surface area contributed by atoms with Gasteiger partial charge in [0.25, 0.3) is 5.91 Å². The zero-order valence-corrected chi connectivity index (χ0v) is 16.6. The number of carbonyl (C=O) groups excluding carboxylic acids is 3. The number of rotatable bonds is 2. The third-order valence-electron chi connectivity index (χ3n) is 6.47. The number of hydrogen-bond donors (Lipinski definition) is 1. The van der Waals surface area contributed by atoms with Crippen molar-refractivity contribution in [3.05, 3.63) is 35.2 Å². The van der Waals surface area contributed by atoms with Crippen molar-refractivity contribution in [1.82, 2.24) is 24.5 Å². The number of nitrogens with one attached hydrogen (secondary N) is 1. The van der Waals surface area contributed by atoms with Crippen LogP contribution in [0.4, 0.5) is 0 Å². The second-order valence-electron chi connectivity index (χ2n) is 8.15. The van der Waals surface area contributed by atoms with E-state index in [4.69, 9.17) is 11.6 Å². The Bertz CT molecular complexity index is 1010. The van der Waals surface area contributed by atoms with Gasteiger partial charge in [0.1, 0.15) is 11.3 Å². The number of amides is 3. The van der Waals surface area contributed by atoms with Gasteiger partial charge in [0.05, 0.1) is 11.6 Å². The molecule has 5 rings (SSSR count). The second-order valence-corrected chi connectivity index (χ2v) is 8.59. The molecule has 4 heterocycles. The lowest BCUT2D eigenvalue weighted by Crippen LogP contribution is -2.59. The number of piperazine rings is 1. The number of hydrogen-bond acceptors (Lipinski definition) is 4. The quantitative estimate of drug-likeness (QED) is 0.794. The molecule has 152 valence electrons. The fraction of sp³-hybridized carbons (Fsp3) is 0.500. The van der Waals surface area contributed by atoms with E-state index in [-0.39, 0.29) is 36.1 Å². The highest BCUT2D eigenvalue weighted by atomic mass is 35.5. The first kappa shape index (κ1) is 18.4. The van der Waals surface area contributed by atoms with Crippen molar-refractivity contribution in [2.24, 2.45) is 17.8 Å². The number of nitrogens with zero attached hydrogens (tertiary/aromatic N) is 4. The van der Waals surface area contributed by atoms with Crippen LogP contribution >= 0.6 is 11.6 Å². The summed E-state index contributed by atoms with van der Waals surface area (Å²) >= 11 is 6.01. The van der Waals surface area contributed by atoms with Crippen molar-refractivity contribution >= 4 is 35.0 Å². The average molecular weight is 416 g/mol. The number of likely N-dealkylation sites (tertiary alicyclic amines) is 1. The van der Waals surface area contributed by atoms with Crippen molar-refractivity contribution in [3.8, 4) is 0 Å². The molecule has 1 aliphatic carbocycles. The summed E-state index contributed by atoms with van der Waals surface area (Å²) in [5.41, 5.74) is 1.06. The van der Waals surface area contributed by atoms with Gasteiger partial charge in [-0.25, -0.2) is 4.98 Å². The Kier molecular flexibility index (Phi) is 4.46. The zero-order valence-electron chi connectivity index (χ0n) is 15.9. The van der Waals surface area contributed by atoms with E-state index in [9.17, 15) is 14.4 Å². The molecule has 3 aliphatic rings. The first-order valence-corrected chi connectivity index (χ1v) is 10.4. The average Bonchev–Trinajstić information content (AvgIpc) is 3.11. The number of imidazole rings is 1. The summed E-state index contributed by atoms with van der Waals surface area (Å²) in [6, 6.07) is 3.52. The Balaban J connectivity index is 1.28. The van der Waals surface area contributed by atoms with Gasteiger partial charge in [-0.05, 0) is 36.8 Å². The van der Waals surface area contributed by atoms with Gasteiger partial charge in [-0.15, -0.1) is 0 Å². The molecule has 0 radical (unpaired) electrons. The molecule has 29 heavy (non-hydrogen) atoms. The fourth-order valence-corrected chi connectivity index (χ4v) is 5.01. The maximum absolute atomic E-state index is 13.0. The van der Waals surface area contributed by atoms with Gasteiger partial charge in [-0.2, -0.15) is 0 Å². The third-order valence-corrected chi connectivity index (χ3v) is 6.69. The van der Waals surface area contributed by atoms with Crippen LogP contribution in [-0.4, -0.2) is 69.6 Å². The van der Waals surface area contributed by atoms with Crippen LogP contribution in [0.1, 0.15) is 23.3 Å². The molecule has 8 nitrogen and oxygen atoms in total. The summed E-state index contributed by atoms with van der Waals surface area (Å²) in [6.45, 7) is 2.45. The Morgan fingerprint density at radius 2 is 2.03 bits per heavy atom. The number of piperidine rings is 1. The van der Waals surface area contributed by atoms with E-state index >= 15 is 0 Å². The number of fused-ring (bicyclic) bond motifs is 2. The first-order valence-electron chi connectivity index (χ1n) is 9.98. The molecule has 0 unspecified atom stereocenters. The standard InChI is InChI=1S/C20H22ClN5O3/c21-13-1-2-17-23-16(10-26(17)8-13)20(29)24-5-3-12-7-14(15(12)9-24)19(28)25-6-4-22-18(27)11-25/h1-2,8,10,12,14-15H,3-7,9,11H2,(H,22,27)/t12-,14-,15-/m1/s1. The van der Waals surface area contributed by atoms with Crippen LogP contribution in [0.2, 0.25) is 5.02 Å². The van der Waals surface area contributed by atoms with Gasteiger partial charge in [-0.3, -0.25) is 14.4 Å². The Morgan fingerprint density at radius 1 is 1.17 bits per heavy atom. The first-order chi connectivity index (χ1) is 14.0. The van der Waals surface area contributed by atoms with E-state index in [1.54, 1.807) is 33.8 Å². The van der Waals surface area contributed by atoms with Gasteiger partial charge in [0.2, 0.25) is 11.8 Å². The van der Waals surface area contributed by atoms with Crippen molar-refractivity contribution in [1.29, 1.82) is 0 Å². The van der Waals surface area contributed by atoms with Crippen molar-refractivity contribution in [3.63, 3.8) is 0 Å². The molecule has 2 saturated heterocycles. The topological polar surface area (TPSA) is 87.0 Å². The van der Waals surface area contributed by atoms with E-state index in [1.807, 2.05) is 4.90 Å². The van der Waals surface area contributed by atoms with Crippen LogP contribution in [0, 0.1) is 17.8 Å². The number of aromatic nitrogens is 2. The molecule has 2 aliphatic heterocycles. The van der Waals surface area contributed by atoms with Crippen LogP contribution in [0.3, 0.4) is 0 Å². The van der Waals surface area contributed by atoms with E-state index in [2.05, 4.69) is 10.3 Å². The molecule has 2 aromatic rings. The highest BCUT2D eigenvalue weighted by Crippen LogP contribution is 2.46. The smallest absolute Gasteiger partial charge is 0.274 e. The van der Waals surface area contributed by atoms with Gasteiger partial charge in [-0.1, -0.05) is 11.6 Å². The molecule has 3 atom stereocenters. The van der Waals surface area contributed by atoms with Crippen LogP contribution in [0.15, 0.2) is 24.5 Å². The highest BCUT2D eigenvalue weighted by Gasteiger charge is 2.49. The zero-order chi connectivity index (χ0) is 20.1. The minimum Gasteiger partial charge on any atom is -0.353 e. The van der Waals surface area contributed by atoms with Crippen LogP contribution in [0.25, 0.3) is 5.65 Å². The van der Waals surface area contributed by atoms with Gasteiger partial charge < -0.3 is 19.5 Å². The van der Waals surface area contributed by atoms with E-state index in [0.717, 1.165) is 12.8 Å².